The van der Waals surface area contributed by atoms with Crippen LogP contribution in [0.3, 0.4) is 0 Å². The van der Waals surface area contributed by atoms with Gasteiger partial charge in [-0.3, -0.25) is 4.79 Å². The summed E-state index contributed by atoms with van der Waals surface area (Å²) in [5.74, 6) is 1.31. The number of carbonyl (C=O) groups is 1. The number of aromatic nitrogens is 1. The molecule has 1 amide bonds. The SMILES string of the molecule is Cc1noc(C)c1CC(=O)NC1CNCCC1C. The van der Waals surface area contributed by atoms with Gasteiger partial charge in [0.05, 0.1) is 12.1 Å². The lowest BCUT2D eigenvalue weighted by Crippen LogP contribution is -2.50. The van der Waals surface area contributed by atoms with Gasteiger partial charge < -0.3 is 15.2 Å². The summed E-state index contributed by atoms with van der Waals surface area (Å²) < 4.78 is 5.06. The molecule has 1 aromatic heterocycles. The molecule has 1 aliphatic heterocycles. The lowest BCUT2D eigenvalue weighted by atomic mass is 9.94. The van der Waals surface area contributed by atoms with E-state index in [1.165, 1.54) is 0 Å². The van der Waals surface area contributed by atoms with Crippen molar-refractivity contribution < 1.29 is 9.32 Å². The first-order valence-electron chi connectivity index (χ1n) is 6.49. The Labute approximate surface area is 107 Å². The molecule has 5 heteroatoms. The van der Waals surface area contributed by atoms with Crippen LogP contribution >= 0.6 is 0 Å². The zero-order valence-electron chi connectivity index (χ0n) is 11.2. The van der Waals surface area contributed by atoms with Crippen molar-refractivity contribution in [1.82, 2.24) is 15.8 Å². The molecule has 0 aromatic carbocycles. The average Bonchev–Trinajstić information content (AvgIpc) is 2.64. The topological polar surface area (TPSA) is 67.2 Å². The second kappa shape index (κ2) is 5.52. The molecule has 2 unspecified atom stereocenters. The molecular weight excluding hydrogens is 230 g/mol. The third-order valence-electron chi connectivity index (χ3n) is 3.69. The van der Waals surface area contributed by atoms with Crippen molar-refractivity contribution in [2.45, 2.75) is 39.7 Å². The fourth-order valence-electron chi connectivity index (χ4n) is 2.36. The van der Waals surface area contributed by atoms with Crippen molar-refractivity contribution in [3.05, 3.63) is 17.0 Å². The summed E-state index contributed by atoms with van der Waals surface area (Å²) in [5, 5.41) is 10.3. The molecule has 0 radical (unpaired) electrons. The Balaban J connectivity index is 1.92. The monoisotopic (exact) mass is 251 g/mol. The van der Waals surface area contributed by atoms with Gasteiger partial charge in [-0.15, -0.1) is 0 Å². The molecule has 2 N–H and O–H groups in total. The maximum absolute atomic E-state index is 12.0. The molecule has 2 rings (SSSR count). The van der Waals surface area contributed by atoms with Gasteiger partial charge in [-0.1, -0.05) is 12.1 Å². The summed E-state index contributed by atoms with van der Waals surface area (Å²) >= 11 is 0. The Kier molecular flexibility index (Phi) is 4.01. The zero-order valence-corrected chi connectivity index (χ0v) is 11.2. The van der Waals surface area contributed by atoms with Crippen LogP contribution in [0.4, 0.5) is 0 Å². The quantitative estimate of drug-likeness (QED) is 0.839. The third kappa shape index (κ3) is 2.90. The number of aryl methyl sites for hydroxylation is 2. The molecule has 0 spiro atoms. The van der Waals surface area contributed by atoms with Crippen LogP contribution in [0.5, 0.6) is 0 Å². The summed E-state index contributed by atoms with van der Waals surface area (Å²) in [5.41, 5.74) is 1.71. The van der Waals surface area contributed by atoms with Gasteiger partial charge in [-0.25, -0.2) is 0 Å². The van der Waals surface area contributed by atoms with Crippen LogP contribution in [0, 0.1) is 19.8 Å². The molecule has 1 fully saturated rings. The Hall–Kier alpha value is -1.36. The minimum absolute atomic E-state index is 0.0462. The molecule has 100 valence electrons. The highest BCUT2D eigenvalue weighted by Gasteiger charge is 2.23. The Morgan fingerprint density at radius 3 is 2.94 bits per heavy atom. The van der Waals surface area contributed by atoms with Gasteiger partial charge in [-0.05, 0) is 32.7 Å². The number of rotatable bonds is 3. The van der Waals surface area contributed by atoms with E-state index in [4.69, 9.17) is 4.52 Å². The lowest BCUT2D eigenvalue weighted by Gasteiger charge is -2.30. The van der Waals surface area contributed by atoms with E-state index >= 15 is 0 Å². The average molecular weight is 251 g/mol. The van der Waals surface area contributed by atoms with E-state index in [0.717, 1.165) is 36.5 Å². The molecule has 0 bridgehead atoms. The Morgan fingerprint density at radius 2 is 2.33 bits per heavy atom. The summed E-state index contributed by atoms with van der Waals surface area (Å²) in [6, 6.07) is 0.228. The van der Waals surface area contributed by atoms with Crippen LogP contribution in [-0.4, -0.2) is 30.2 Å². The van der Waals surface area contributed by atoms with Crippen molar-refractivity contribution in [1.29, 1.82) is 0 Å². The van der Waals surface area contributed by atoms with Crippen molar-refractivity contribution >= 4 is 5.91 Å². The largest absolute Gasteiger partial charge is 0.361 e. The molecular formula is C13H21N3O2. The van der Waals surface area contributed by atoms with Crippen LogP contribution < -0.4 is 10.6 Å². The normalized spacial score (nSPS) is 23.9. The highest BCUT2D eigenvalue weighted by atomic mass is 16.5. The van der Waals surface area contributed by atoms with Crippen LogP contribution in [-0.2, 0) is 11.2 Å². The number of nitrogens with zero attached hydrogens (tertiary/aromatic N) is 1. The molecule has 0 saturated carbocycles. The molecule has 1 aliphatic rings. The molecule has 2 atom stereocenters. The van der Waals surface area contributed by atoms with Crippen LogP contribution in [0.25, 0.3) is 0 Å². The van der Waals surface area contributed by atoms with Gasteiger partial charge in [0.2, 0.25) is 5.91 Å². The van der Waals surface area contributed by atoms with E-state index < -0.39 is 0 Å². The third-order valence-corrected chi connectivity index (χ3v) is 3.69. The van der Waals surface area contributed by atoms with Gasteiger partial charge in [0.25, 0.3) is 0 Å². The van der Waals surface area contributed by atoms with Gasteiger partial charge in [0, 0.05) is 18.2 Å². The van der Waals surface area contributed by atoms with Crippen molar-refractivity contribution in [2.24, 2.45) is 5.92 Å². The summed E-state index contributed by atoms with van der Waals surface area (Å²) in [6.45, 7) is 7.78. The number of piperidine rings is 1. The minimum Gasteiger partial charge on any atom is -0.361 e. The van der Waals surface area contributed by atoms with Gasteiger partial charge >= 0.3 is 0 Å². The molecule has 1 saturated heterocycles. The van der Waals surface area contributed by atoms with Gasteiger partial charge in [0.15, 0.2) is 0 Å². The lowest BCUT2D eigenvalue weighted by molar-refractivity contribution is -0.121. The number of hydrogen-bond acceptors (Lipinski definition) is 4. The summed E-state index contributed by atoms with van der Waals surface area (Å²) in [6.07, 6.45) is 1.46. The van der Waals surface area contributed by atoms with Gasteiger partial charge in [-0.2, -0.15) is 0 Å². The van der Waals surface area contributed by atoms with Crippen molar-refractivity contribution in [3.63, 3.8) is 0 Å². The maximum atomic E-state index is 12.0. The molecule has 1 aromatic rings. The summed E-state index contributed by atoms with van der Waals surface area (Å²) in [4.78, 5) is 12.0. The maximum Gasteiger partial charge on any atom is 0.224 e. The zero-order chi connectivity index (χ0) is 13.1. The first kappa shape index (κ1) is 13.1. The number of carbonyl (C=O) groups excluding carboxylic acids is 1. The second-order valence-electron chi connectivity index (χ2n) is 5.12. The smallest absolute Gasteiger partial charge is 0.224 e. The van der Waals surface area contributed by atoms with Crippen LogP contribution in [0.2, 0.25) is 0 Å². The number of amides is 1. The first-order chi connectivity index (χ1) is 8.58. The van der Waals surface area contributed by atoms with E-state index in [0.29, 0.717) is 12.3 Å². The number of nitrogens with one attached hydrogen (secondary N) is 2. The Morgan fingerprint density at radius 1 is 1.56 bits per heavy atom. The van der Waals surface area contributed by atoms with Crippen molar-refractivity contribution in [2.75, 3.05) is 13.1 Å². The Bertz CT molecular complexity index is 408. The van der Waals surface area contributed by atoms with E-state index in [1.54, 1.807) is 0 Å². The van der Waals surface area contributed by atoms with Crippen LogP contribution in [0.15, 0.2) is 4.52 Å². The predicted octanol–water partition coefficient (Wildman–Crippen LogP) is 0.948. The highest BCUT2D eigenvalue weighted by Crippen LogP contribution is 2.14. The molecule has 0 aliphatic carbocycles. The van der Waals surface area contributed by atoms with Crippen LogP contribution in [0.1, 0.15) is 30.4 Å². The summed E-state index contributed by atoms with van der Waals surface area (Å²) in [7, 11) is 0. The molecule has 2 heterocycles. The standard InChI is InChI=1S/C13H21N3O2/c1-8-4-5-14-7-12(8)15-13(17)6-11-9(2)16-18-10(11)3/h8,12,14H,4-7H2,1-3H3,(H,15,17). The van der Waals surface area contributed by atoms with E-state index in [1.807, 2.05) is 13.8 Å². The highest BCUT2D eigenvalue weighted by molar-refractivity contribution is 5.79. The first-order valence-corrected chi connectivity index (χ1v) is 6.49. The fraction of sp³-hybridized carbons (Fsp3) is 0.692. The molecule has 5 nitrogen and oxygen atoms in total. The number of hydrogen-bond donors (Lipinski definition) is 2. The fourth-order valence-corrected chi connectivity index (χ4v) is 2.36. The van der Waals surface area contributed by atoms with Gasteiger partial charge in [0.1, 0.15) is 5.76 Å². The predicted molar refractivity (Wildman–Crippen MR) is 68.3 cm³/mol. The van der Waals surface area contributed by atoms with Crippen molar-refractivity contribution in [3.8, 4) is 0 Å². The van der Waals surface area contributed by atoms with E-state index in [2.05, 4.69) is 22.7 Å². The van der Waals surface area contributed by atoms with E-state index in [9.17, 15) is 4.79 Å². The minimum atomic E-state index is 0.0462. The molecule has 18 heavy (non-hydrogen) atoms. The second-order valence-corrected chi connectivity index (χ2v) is 5.12. The van der Waals surface area contributed by atoms with E-state index in [-0.39, 0.29) is 11.9 Å².